The highest BCUT2D eigenvalue weighted by molar-refractivity contribution is 7.19. The number of carbonyl (C=O) groups is 3. The van der Waals surface area contributed by atoms with Gasteiger partial charge in [-0.3, -0.25) is 14.6 Å². The number of nitrogens with one attached hydrogen (secondary N) is 2. The lowest BCUT2D eigenvalue weighted by atomic mass is 10.1. The monoisotopic (exact) mass is 409 g/mol. The van der Waals surface area contributed by atoms with Gasteiger partial charge in [-0.15, -0.1) is 11.3 Å². The summed E-state index contributed by atoms with van der Waals surface area (Å²) in [5.41, 5.74) is 1.64. The number of benzene rings is 1. The molecule has 2 heterocycles. The van der Waals surface area contributed by atoms with Crippen LogP contribution < -0.4 is 10.6 Å². The number of esters is 1. The van der Waals surface area contributed by atoms with E-state index >= 15 is 0 Å². The molecule has 2 amide bonds. The van der Waals surface area contributed by atoms with Crippen LogP contribution in [0.4, 0.5) is 10.7 Å². The van der Waals surface area contributed by atoms with Gasteiger partial charge < -0.3 is 15.4 Å². The maximum absolute atomic E-state index is 12.8. The first-order valence-corrected chi connectivity index (χ1v) is 9.71. The molecule has 3 aromatic rings. The Morgan fingerprint density at radius 2 is 1.69 bits per heavy atom. The summed E-state index contributed by atoms with van der Waals surface area (Å²) in [5, 5.41) is 5.78. The van der Waals surface area contributed by atoms with E-state index in [1.165, 1.54) is 12.4 Å². The van der Waals surface area contributed by atoms with Gasteiger partial charge >= 0.3 is 5.97 Å². The van der Waals surface area contributed by atoms with Crippen molar-refractivity contribution < 1.29 is 19.1 Å². The van der Waals surface area contributed by atoms with E-state index in [-0.39, 0.29) is 23.1 Å². The number of ether oxygens (including phenoxy) is 1. The first kappa shape index (κ1) is 20.2. The Kier molecular flexibility index (Phi) is 6.36. The summed E-state index contributed by atoms with van der Waals surface area (Å²) in [4.78, 5) is 42.0. The number of amides is 2. The molecule has 0 aliphatic carbocycles. The van der Waals surface area contributed by atoms with E-state index < -0.39 is 11.9 Å². The summed E-state index contributed by atoms with van der Waals surface area (Å²) < 4.78 is 5.12. The number of para-hydroxylation sites is 1. The fraction of sp³-hybridized carbons (Fsp3) is 0.143. The van der Waals surface area contributed by atoms with Gasteiger partial charge in [-0.1, -0.05) is 18.2 Å². The van der Waals surface area contributed by atoms with Crippen molar-refractivity contribution in [3.63, 3.8) is 0 Å². The van der Waals surface area contributed by atoms with Crippen molar-refractivity contribution in [1.29, 1.82) is 0 Å². The fourth-order valence-electron chi connectivity index (χ4n) is 2.66. The number of pyridine rings is 1. The number of hydrogen-bond acceptors (Lipinski definition) is 6. The zero-order valence-corrected chi connectivity index (χ0v) is 16.7. The molecule has 0 spiro atoms. The van der Waals surface area contributed by atoms with Crippen LogP contribution in [0.3, 0.4) is 0 Å². The van der Waals surface area contributed by atoms with Gasteiger partial charge in [0.25, 0.3) is 11.8 Å². The summed E-state index contributed by atoms with van der Waals surface area (Å²) in [7, 11) is 0. The lowest BCUT2D eigenvalue weighted by Crippen LogP contribution is -2.15. The van der Waals surface area contributed by atoms with Crippen LogP contribution in [0, 0.1) is 6.92 Å². The molecule has 29 heavy (non-hydrogen) atoms. The molecule has 0 unspecified atom stereocenters. The normalized spacial score (nSPS) is 10.3. The summed E-state index contributed by atoms with van der Waals surface area (Å²) in [6.07, 6.45) is 3.00. The van der Waals surface area contributed by atoms with Crippen LogP contribution in [0.15, 0.2) is 54.9 Å². The van der Waals surface area contributed by atoms with Gasteiger partial charge in [0.05, 0.1) is 17.0 Å². The minimum atomic E-state index is -0.593. The minimum Gasteiger partial charge on any atom is -0.462 e. The van der Waals surface area contributed by atoms with E-state index in [0.29, 0.717) is 21.7 Å². The zero-order valence-electron chi connectivity index (χ0n) is 15.9. The molecular weight excluding hydrogens is 390 g/mol. The van der Waals surface area contributed by atoms with E-state index in [0.717, 1.165) is 11.3 Å². The first-order valence-electron chi connectivity index (χ1n) is 8.89. The molecule has 0 aliphatic heterocycles. The van der Waals surface area contributed by atoms with Gasteiger partial charge in [0, 0.05) is 23.6 Å². The Hall–Kier alpha value is -3.52. The van der Waals surface area contributed by atoms with E-state index in [1.54, 1.807) is 50.2 Å². The fourth-order valence-corrected chi connectivity index (χ4v) is 3.74. The van der Waals surface area contributed by atoms with E-state index in [1.807, 2.05) is 6.07 Å². The Bertz CT molecular complexity index is 1030. The summed E-state index contributed by atoms with van der Waals surface area (Å²) in [5.74, 6) is -1.37. The molecule has 0 fully saturated rings. The van der Waals surface area contributed by atoms with E-state index in [9.17, 15) is 14.4 Å². The van der Waals surface area contributed by atoms with Crippen LogP contribution >= 0.6 is 11.3 Å². The zero-order chi connectivity index (χ0) is 20.8. The van der Waals surface area contributed by atoms with Crippen molar-refractivity contribution in [1.82, 2.24) is 4.98 Å². The summed E-state index contributed by atoms with van der Waals surface area (Å²) >= 11 is 1.03. The van der Waals surface area contributed by atoms with Gasteiger partial charge in [-0.2, -0.15) is 0 Å². The van der Waals surface area contributed by atoms with Gasteiger partial charge in [0.1, 0.15) is 5.00 Å². The molecule has 7 nitrogen and oxygen atoms in total. The minimum absolute atomic E-state index is 0.178. The molecule has 0 atom stereocenters. The number of aromatic nitrogens is 1. The Morgan fingerprint density at radius 1 is 1.00 bits per heavy atom. The van der Waals surface area contributed by atoms with Crippen LogP contribution in [-0.2, 0) is 4.74 Å². The molecule has 1 aromatic carbocycles. The molecular formula is C21H19N3O4S. The topological polar surface area (TPSA) is 97.4 Å². The highest BCUT2D eigenvalue weighted by atomic mass is 32.1. The summed E-state index contributed by atoms with van der Waals surface area (Å²) in [6.45, 7) is 3.53. The van der Waals surface area contributed by atoms with Crippen molar-refractivity contribution in [2.75, 3.05) is 17.2 Å². The maximum Gasteiger partial charge on any atom is 0.341 e. The molecule has 0 saturated heterocycles. The van der Waals surface area contributed by atoms with Gasteiger partial charge in [0.15, 0.2) is 0 Å². The Balaban J connectivity index is 1.94. The van der Waals surface area contributed by atoms with Crippen LogP contribution in [0.1, 0.15) is 42.9 Å². The molecule has 0 radical (unpaired) electrons. The number of hydrogen-bond donors (Lipinski definition) is 2. The number of rotatable bonds is 6. The molecule has 2 N–H and O–H groups in total. The van der Waals surface area contributed by atoms with Gasteiger partial charge in [0.2, 0.25) is 0 Å². The second kappa shape index (κ2) is 9.11. The van der Waals surface area contributed by atoms with Crippen LogP contribution in [0.2, 0.25) is 0 Å². The van der Waals surface area contributed by atoms with Crippen molar-refractivity contribution >= 4 is 39.8 Å². The molecule has 0 saturated carbocycles. The van der Waals surface area contributed by atoms with Crippen LogP contribution in [-0.4, -0.2) is 29.4 Å². The van der Waals surface area contributed by atoms with Crippen molar-refractivity contribution in [2.45, 2.75) is 13.8 Å². The standard InChI is InChI=1S/C21H19N3O4S/c1-3-28-21(27)16-13(2)17(19(26)23-15-7-5-4-6-8-15)29-20(16)24-18(25)14-9-11-22-12-10-14/h4-12H,3H2,1-2H3,(H,23,26)(H,24,25). The van der Waals surface area contributed by atoms with Crippen LogP contribution in [0.25, 0.3) is 0 Å². The lowest BCUT2D eigenvalue weighted by Gasteiger charge is -2.07. The summed E-state index contributed by atoms with van der Waals surface area (Å²) in [6, 6.07) is 12.1. The third-order valence-electron chi connectivity index (χ3n) is 4.03. The van der Waals surface area contributed by atoms with E-state index in [4.69, 9.17) is 4.74 Å². The number of carbonyl (C=O) groups excluding carboxylic acids is 3. The largest absolute Gasteiger partial charge is 0.462 e. The molecule has 3 rings (SSSR count). The third kappa shape index (κ3) is 4.67. The Labute approximate surface area is 171 Å². The number of nitrogens with zero attached hydrogens (tertiary/aromatic N) is 1. The SMILES string of the molecule is CCOC(=O)c1c(NC(=O)c2ccncc2)sc(C(=O)Nc2ccccc2)c1C. The lowest BCUT2D eigenvalue weighted by molar-refractivity contribution is 0.0527. The molecule has 148 valence electrons. The first-order chi connectivity index (χ1) is 14.0. The maximum atomic E-state index is 12.8. The van der Waals surface area contributed by atoms with Gasteiger partial charge in [-0.25, -0.2) is 4.79 Å². The van der Waals surface area contributed by atoms with Crippen molar-refractivity contribution in [2.24, 2.45) is 0 Å². The quantitative estimate of drug-likeness (QED) is 0.597. The molecule has 8 heteroatoms. The van der Waals surface area contributed by atoms with Crippen LogP contribution in [0.5, 0.6) is 0 Å². The second-order valence-corrected chi connectivity index (χ2v) is 7.01. The Morgan fingerprint density at radius 3 is 2.34 bits per heavy atom. The predicted octanol–water partition coefficient (Wildman–Crippen LogP) is 4.13. The van der Waals surface area contributed by atoms with Crippen molar-refractivity contribution in [3.8, 4) is 0 Å². The van der Waals surface area contributed by atoms with Crippen molar-refractivity contribution in [3.05, 3.63) is 76.4 Å². The second-order valence-electron chi connectivity index (χ2n) is 5.99. The number of anilines is 2. The molecule has 0 aliphatic rings. The third-order valence-corrected chi connectivity index (χ3v) is 5.24. The smallest absolute Gasteiger partial charge is 0.341 e. The average molecular weight is 409 g/mol. The average Bonchev–Trinajstić information content (AvgIpc) is 3.05. The predicted molar refractivity (Wildman–Crippen MR) is 112 cm³/mol. The number of thiophene rings is 1. The molecule has 0 bridgehead atoms. The highest BCUT2D eigenvalue weighted by Crippen LogP contribution is 2.34. The molecule has 2 aromatic heterocycles. The van der Waals surface area contributed by atoms with Gasteiger partial charge in [-0.05, 0) is 43.7 Å². The highest BCUT2D eigenvalue weighted by Gasteiger charge is 2.27. The van der Waals surface area contributed by atoms with E-state index in [2.05, 4.69) is 15.6 Å².